The zero-order valence-electron chi connectivity index (χ0n) is 29.1. The molecular formula is C34H40BrFN6O10S2. The number of nitrogens with zero attached hydrogens (tertiary/aromatic N) is 2. The summed E-state index contributed by atoms with van der Waals surface area (Å²) in [6, 6.07) is 16.3. The fourth-order valence-corrected chi connectivity index (χ4v) is 6.63. The number of carbonyl (C=O) groups is 1. The van der Waals surface area contributed by atoms with Crippen molar-refractivity contribution in [3.8, 4) is 0 Å². The molecule has 4 rings (SSSR count). The molecule has 0 aliphatic carbocycles. The molecule has 292 valence electrons. The van der Waals surface area contributed by atoms with Crippen LogP contribution in [0.4, 0.5) is 27.5 Å². The van der Waals surface area contributed by atoms with Crippen LogP contribution in [0.3, 0.4) is 0 Å². The quantitative estimate of drug-likeness (QED) is 0.0578. The van der Waals surface area contributed by atoms with Crippen LogP contribution >= 0.6 is 15.9 Å². The first kappa shape index (κ1) is 42.6. The first-order chi connectivity index (χ1) is 25.9. The van der Waals surface area contributed by atoms with Crippen LogP contribution in [0.1, 0.15) is 15.9 Å². The molecule has 0 radical (unpaired) electrons. The second-order valence-electron chi connectivity index (χ2n) is 11.1. The van der Waals surface area contributed by atoms with Gasteiger partial charge >= 0.3 is 0 Å². The Labute approximate surface area is 321 Å². The number of sulfonamides is 1. The number of hydrogen-bond donors (Lipinski definition) is 4. The first-order valence-corrected chi connectivity index (χ1v) is 20.1. The lowest BCUT2D eigenvalue weighted by Crippen LogP contribution is -2.27. The van der Waals surface area contributed by atoms with E-state index < -0.39 is 31.9 Å². The number of nitrogens with one attached hydrogen (secondary N) is 3. The van der Waals surface area contributed by atoms with E-state index in [2.05, 4.69) is 41.3 Å². The Morgan fingerprint density at radius 3 is 1.96 bits per heavy atom. The number of aromatic nitrogens is 2. The fourth-order valence-electron chi connectivity index (χ4n) is 4.44. The van der Waals surface area contributed by atoms with E-state index in [1.54, 1.807) is 12.1 Å². The highest BCUT2D eigenvalue weighted by Crippen LogP contribution is 2.28. The molecule has 0 unspecified atom stereocenters. The Morgan fingerprint density at radius 2 is 1.35 bits per heavy atom. The normalized spacial score (nSPS) is 11.8. The maximum Gasteiger partial charge on any atom is 0.297 e. The van der Waals surface area contributed by atoms with E-state index in [4.69, 9.17) is 28.9 Å². The van der Waals surface area contributed by atoms with Gasteiger partial charge in [-0.25, -0.2) is 22.5 Å². The van der Waals surface area contributed by atoms with Crippen molar-refractivity contribution in [1.82, 2.24) is 14.7 Å². The third-order valence-corrected chi connectivity index (χ3v) is 10.5. The van der Waals surface area contributed by atoms with Crippen molar-refractivity contribution in [2.45, 2.75) is 16.7 Å². The Kier molecular flexibility index (Phi) is 16.7. The van der Waals surface area contributed by atoms with Gasteiger partial charge in [-0.15, -0.1) is 0 Å². The highest BCUT2D eigenvalue weighted by atomic mass is 79.9. The molecule has 54 heavy (non-hydrogen) atoms. The van der Waals surface area contributed by atoms with Crippen LogP contribution in [-0.2, 0) is 43.3 Å². The van der Waals surface area contributed by atoms with E-state index in [9.17, 15) is 26.0 Å². The third kappa shape index (κ3) is 13.6. The van der Waals surface area contributed by atoms with Crippen LogP contribution < -0.4 is 21.1 Å². The van der Waals surface area contributed by atoms with Gasteiger partial charge in [0, 0.05) is 18.4 Å². The van der Waals surface area contributed by atoms with Crippen LogP contribution in [0.5, 0.6) is 0 Å². The average Bonchev–Trinajstić information content (AvgIpc) is 3.13. The van der Waals surface area contributed by atoms with Gasteiger partial charge < -0.3 is 35.3 Å². The van der Waals surface area contributed by atoms with Gasteiger partial charge in [-0.3, -0.25) is 8.98 Å². The van der Waals surface area contributed by atoms with Crippen molar-refractivity contribution >= 4 is 65.1 Å². The third-order valence-electron chi connectivity index (χ3n) is 7.11. The molecule has 3 aromatic carbocycles. The van der Waals surface area contributed by atoms with Crippen molar-refractivity contribution in [2.24, 2.45) is 5.73 Å². The highest BCUT2D eigenvalue weighted by molar-refractivity contribution is 9.10. The van der Waals surface area contributed by atoms with Crippen molar-refractivity contribution in [1.29, 1.82) is 0 Å². The minimum Gasteiger partial charge on any atom is -0.378 e. The van der Waals surface area contributed by atoms with Crippen LogP contribution in [0, 0.1) is 12.7 Å². The molecule has 0 saturated heterocycles. The number of halogens is 2. The summed E-state index contributed by atoms with van der Waals surface area (Å²) in [6.45, 7) is 3.74. The average molecular weight is 856 g/mol. The zero-order chi connectivity index (χ0) is 39.0. The number of anilines is 4. The minimum atomic E-state index is -3.82. The molecule has 4 aromatic rings. The van der Waals surface area contributed by atoms with Crippen molar-refractivity contribution in [2.75, 3.05) is 76.6 Å². The number of nitrogens with two attached hydrogens (primary N) is 1. The maximum atomic E-state index is 14.2. The number of rotatable bonds is 24. The molecule has 0 spiro atoms. The second-order valence-corrected chi connectivity index (χ2v) is 15.4. The van der Waals surface area contributed by atoms with Gasteiger partial charge in [-0.2, -0.15) is 13.4 Å². The summed E-state index contributed by atoms with van der Waals surface area (Å²) in [5.74, 6) is -1.37. The van der Waals surface area contributed by atoms with Gasteiger partial charge in [0.15, 0.2) is 0 Å². The van der Waals surface area contributed by atoms with E-state index >= 15 is 0 Å². The van der Waals surface area contributed by atoms with Gasteiger partial charge in [0.2, 0.25) is 16.0 Å². The largest absolute Gasteiger partial charge is 0.378 e. The summed E-state index contributed by atoms with van der Waals surface area (Å²) >= 11 is 3.32. The summed E-state index contributed by atoms with van der Waals surface area (Å²) in [5.41, 5.74) is 6.56. The van der Waals surface area contributed by atoms with Gasteiger partial charge in [0.05, 0.1) is 85.0 Å². The van der Waals surface area contributed by atoms with E-state index in [1.165, 1.54) is 54.7 Å². The number of benzene rings is 3. The Bertz CT molecular complexity index is 2050. The van der Waals surface area contributed by atoms with E-state index in [-0.39, 0.29) is 79.0 Å². The Hall–Kier alpha value is -4.12. The SMILES string of the molecule is Cc1ccc(S(=O)(=O)OCCOCCOCCOCCOCCNS(=O)(=O)c2ccc(Nc3ncc(Br)c(Nc4cccc(F)c4C(N)=O)n3)cc2)cc1. The lowest BCUT2D eigenvalue weighted by molar-refractivity contribution is -0.00383. The minimum absolute atomic E-state index is 0.0327. The second kappa shape index (κ2) is 21.1. The molecule has 1 heterocycles. The molecule has 0 atom stereocenters. The molecule has 5 N–H and O–H groups in total. The summed E-state index contributed by atoms with van der Waals surface area (Å²) in [5, 5.41) is 5.84. The zero-order valence-corrected chi connectivity index (χ0v) is 32.3. The summed E-state index contributed by atoms with van der Waals surface area (Å²) in [6.07, 6.45) is 1.44. The van der Waals surface area contributed by atoms with Crippen molar-refractivity contribution in [3.05, 3.63) is 94.3 Å². The predicted octanol–water partition coefficient (Wildman–Crippen LogP) is 4.02. The van der Waals surface area contributed by atoms with Crippen LogP contribution in [0.2, 0.25) is 0 Å². The van der Waals surface area contributed by atoms with Gasteiger partial charge in [0.25, 0.3) is 16.0 Å². The predicted molar refractivity (Wildman–Crippen MR) is 200 cm³/mol. The van der Waals surface area contributed by atoms with E-state index in [1.807, 2.05) is 6.92 Å². The van der Waals surface area contributed by atoms with Crippen molar-refractivity contribution in [3.63, 3.8) is 0 Å². The standard InChI is InChI=1S/C34H40BrFN6O10S2/c1-24-5-9-27(10-6-24)54(46,47)52-22-21-51-20-19-50-18-17-49-16-15-48-14-13-39-53(44,45)26-11-7-25(8-12-26)40-34-38-23-28(35)33(42-34)41-30-4-2-3-29(36)31(30)32(37)43/h2-12,23,39H,13-22H2,1H3,(H2,37,43)(H2,38,40,41,42). The van der Waals surface area contributed by atoms with E-state index in [0.29, 0.717) is 30.0 Å². The molecule has 0 aliphatic rings. The smallest absolute Gasteiger partial charge is 0.297 e. The van der Waals surface area contributed by atoms with Gasteiger partial charge in [-0.1, -0.05) is 23.8 Å². The summed E-state index contributed by atoms with van der Waals surface area (Å²) in [7, 11) is -7.64. The number of hydrogen-bond acceptors (Lipinski definition) is 14. The molecule has 20 heteroatoms. The molecule has 1 amide bonds. The molecule has 0 aliphatic heterocycles. The number of amides is 1. The molecule has 0 bridgehead atoms. The molecular weight excluding hydrogens is 815 g/mol. The lowest BCUT2D eigenvalue weighted by atomic mass is 10.1. The summed E-state index contributed by atoms with van der Waals surface area (Å²) < 4.78 is 93.3. The Balaban J connectivity index is 1.05. The first-order valence-electron chi connectivity index (χ1n) is 16.4. The molecule has 0 fully saturated rings. The fraction of sp³-hybridized carbons (Fsp3) is 0.324. The Morgan fingerprint density at radius 1 is 0.778 bits per heavy atom. The van der Waals surface area contributed by atoms with Crippen LogP contribution in [-0.4, -0.2) is 98.7 Å². The topological polar surface area (TPSA) is 219 Å². The molecule has 0 saturated carbocycles. The number of primary amides is 1. The summed E-state index contributed by atoms with van der Waals surface area (Å²) in [4.78, 5) is 20.4. The highest BCUT2D eigenvalue weighted by Gasteiger charge is 2.17. The monoisotopic (exact) mass is 854 g/mol. The van der Waals surface area contributed by atoms with E-state index in [0.717, 1.165) is 11.6 Å². The number of ether oxygens (including phenoxy) is 4. The van der Waals surface area contributed by atoms with Crippen LogP contribution in [0.15, 0.2) is 87.2 Å². The molecule has 16 nitrogen and oxygen atoms in total. The van der Waals surface area contributed by atoms with Gasteiger partial charge in [-0.05, 0) is 71.4 Å². The number of aryl methyl sites for hydroxylation is 1. The maximum absolute atomic E-state index is 14.2. The van der Waals surface area contributed by atoms with Crippen molar-refractivity contribution < 1.29 is 49.2 Å². The number of carbonyl (C=O) groups excluding carboxylic acids is 1. The van der Waals surface area contributed by atoms with Crippen LogP contribution in [0.25, 0.3) is 0 Å². The van der Waals surface area contributed by atoms with Gasteiger partial charge in [0.1, 0.15) is 11.6 Å². The molecule has 1 aromatic heterocycles. The lowest BCUT2D eigenvalue weighted by Gasteiger charge is -2.13.